The normalized spacial score (nSPS) is 12.1. The van der Waals surface area contributed by atoms with Crippen molar-refractivity contribution in [2.24, 2.45) is 0 Å². The summed E-state index contributed by atoms with van der Waals surface area (Å²) in [5.41, 5.74) is 3.19. The van der Waals surface area contributed by atoms with Gasteiger partial charge in [0.2, 0.25) is 9.84 Å². The van der Waals surface area contributed by atoms with Gasteiger partial charge in [0, 0.05) is 15.5 Å². The van der Waals surface area contributed by atoms with Crippen LogP contribution in [-0.2, 0) is 14.6 Å². The first-order valence-corrected chi connectivity index (χ1v) is 13.3. The minimum absolute atomic E-state index is 0.157. The highest BCUT2D eigenvalue weighted by atomic mass is 32.2. The van der Waals surface area contributed by atoms with Gasteiger partial charge in [-0.1, -0.05) is 42.1 Å². The molecule has 6 nitrogen and oxygen atoms in total. The summed E-state index contributed by atoms with van der Waals surface area (Å²) in [5.74, 6) is -0.402. The van der Waals surface area contributed by atoms with E-state index in [-0.39, 0.29) is 9.79 Å². The number of nitrogens with one attached hydrogen (secondary N) is 2. The van der Waals surface area contributed by atoms with E-state index in [1.54, 1.807) is 79.3 Å². The molecule has 176 valence electrons. The standard InChI is InChI=1S/C27H22N2O4S2/c1-2-33-27(30)18-12-14-19(15-13-18)28-23-16-25-22(29-21-10-6-7-11-24(21)34-25)17-26(23)35(31,32)20-8-4-3-5-9-20/h3-17,28-29H,2H2,1H3. The number of fused-ring (bicyclic) bond motifs is 2. The second-order valence-electron chi connectivity index (χ2n) is 7.81. The molecule has 4 aromatic carbocycles. The molecule has 0 atom stereocenters. The molecule has 0 amide bonds. The van der Waals surface area contributed by atoms with E-state index in [9.17, 15) is 13.2 Å². The lowest BCUT2D eigenvalue weighted by Crippen LogP contribution is -2.09. The molecule has 4 aromatic rings. The van der Waals surface area contributed by atoms with E-state index in [1.807, 2.05) is 30.3 Å². The molecule has 0 aromatic heterocycles. The Morgan fingerprint density at radius 1 is 0.886 bits per heavy atom. The molecule has 5 rings (SSSR count). The highest BCUT2D eigenvalue weighted by Gasteiger charge is 2.26. The van der Waals surface area contributed by atoms with E-state index < -0.39 is 15.8 Å². The summed E-state index contributed by atoms with van der Waals surface area (Å²) in [7, 11) is -3.82. The number of carbonyl (C=O) groups excluding carboxylic acids is 1. The van der Waals surface area contributed by atoms with E-state index in [0.29, 0.717) is 23.5 Å². The largest absolute Gasteiger partial charge is 0.462 e. The fourth-order valence-corrected chi connectivity index (χ4v) is 6.22. The molecular weight excluding hydrogens is 480 g/mol. The van der Waals surface area contributed by atoms with Crippen molar-refractivity contribution in [2.45, 2.75) is 26.5 Å². The smallest absolute Gasteiger partial charge is 0.338 e. The maximum absolute atomic E-state index is 13.7. The number of hydrogen-bond donors (Lipinski definition) is 2. The van der Waals surface area contributed by atoms with Gasteiger partial charge in [-0.25, -0.2) is 13.2 Å². The van der Waals surface area contributed by atoms with Crippen molar-refractivity contribution in [3.05, 3.63) is 96.6 Å². The van der Waals surface area contributed by atoms with Crippen LogP contribution in [0, 0.1) is 0 Å². The zero-order valence-corrected chi connectivity index (χ0v) is 20.4. The van der Waals surface area contributed by atoms with E-state index >= 15 is 0 Å². The third-order valence-electron chi connectivity index (χ3n) is 5.48. The molecule has 1 aliphatic heterocycles. The lowest BCUT2D eigenvalue weighted by atomic mass is 10.2. The summed E-state index contributed by atoms with van der Waals surface area (Å²) in [6.07, 6.45) is 0. The zero-order valence-electron chi connectivity index (χ0n) is 18.8. The van der Waals surface area contributed by atoms with Gasteiger partial charge in [-0.05, 0) is 67.6 Å². The van der Waals surface area contributed by atoms with Gasteiger partial charge >= 0.3 is 5.97 Å². The Labute approximate surface area is 208 Å². The van der Waals surface area contributed by atoms with Gasteiger partial charge in [-0.3, -0.25) is 0 Å². The van der Waals surface area contributed by atoms with Crippen LogP contribution in [0.5, 0.6) is 0 Å². The van der Waals surface area contributed by atoms with E-state index in [2.05, 4.69) is 10.6 Å². The van der Waals surface area contributed by atoms with E-state index in [0.717, 1.165) is 21.2 Å². The van der Waals surface area contributed by atoms with Crippen LogP contribution in [0.3, 0.4) is 0 Å². The maximum Gasteiger partial charge on any atom is 0.338 e. The summed E-state index contributed by atoms with van der Waals surface area (Å²) >= 11 is 1.58. The van der Waals surface area contributed by atoms with Gasteiger partial charge in [0.25, 0.3) is 0 Å². The molecule has 0 fully saturated rings. The Morgan fingerprint density at radius 2 is 1.60 bits per heavy atom. The van der Waals surface area contributed by atoms with Crippen molar-refractivity contribution >= 4 is 50.3 Å². The predicted octanol–water partition coefficient (Wildman–Crippen LogP) is 6.65. The predicted molar refractivity (Wildman–Crippen MR) is 138 cm³/mol. The van der Waals surface area contributed by atoms with Crippen molar-refractivity contribution < 1.29 is 17.9 Å². The number of ether oxygens (including phenoxy) is 1. The lowest BCUT2D eigenvalue weighted by molar-refractivity contribution is 0.0526. The third kappa shape index (κ3) is 4.62. The first-order chi connectivity index (χ1) is 17.0. The minimum atomic E-state index is -3.82. The number of carbonyl (C=O) groups is 1. The molecule has 35 heavy (non-hydrogen) atoms. The van der Waals surface area contributed by atoms with Gasteiger partial charge in [-0.15, -0.1) is 0 Å². The van der Waals surface area contributed by atoms with Crippen molar-refractivity contribution in [3.8, 4) is 0 Å². The Hall–Kier alpha value is -3.75. The summed E-state index contributed by atoms with van der Waals surface area (Å²) in [6.45, 7) is 2.05. The molecule has 0 aliphatic carbocycles. The van der Waals surface area contributed by atoms with Crippen LogP contribution in [0.2, 0.25) is 0 Å². The Kier molecular flexibility index (Phi) is 6.23. The average Bonchev–Trinajstić information content (AvgIpc) is 2.88. The first-order valence-electron chi connectivity index (χ1n) is 11.0. The second-order valence-corrected chi connectivity index (χ2v) is 10.8. The summed E-state index contributed by atoms with van der Waals surface area (Å²) in [4.78, 5) is 14.3. The Bertz CT molecular complexity index is 1500. The molecule has 8 heteroatoms. The van der Waals surface area contributed by atoms with E-state index in [4.69, 9.17) is 4.74 Å². The second kappa shape index (κ2) is 9.48. The average molecular weight is 503 g/mol. The Balaban J connectivity index is 1.57. The van der Waals surface area contributed by atoms with Crippen molar-refractivity contribution in [1.29, 1.82) is 0 Å². The van der Waals surface area contributed by atoms with Crippen LogP contribution >= 0.6 is 11.8 Å². The fourth-order valence-electron chi connectivity index (χ4n) is 3.77. The van der Waals surface area contributed by atoms with Gasteiger partial charge in [-0.2, -0.15) is 0 Å². The SMILES string of the molecule is CCOC(=O)c1ccc(Nc2cc3c(cc2S(=O)(=O)c2ccccc2)Nc2ccccc2S3)cc1. The zero-order chi connectivity index (χ0) is 24.4. The number of sulfone groups is 1. The number of para-hydroxylation sites is 1. The van der Waals surface area contributed by atoms with Crippen molar-refractivity contribution in [2.75, 3.05) is 17.2 Å². The van der Waals surface area contributed by atoms with Crippen LogP contribution < -0.4 is 10.6 Å². The minimum Gasteiger partial charge on any atom is -0.462 e. The monoisotopic (exact) mass is 502 g/mol. The number of rotatable bonds is 6. The molecular formula is C27H22N2O4S2. The number of esters is 1. The van der Waals surface area contributed by atoms with Gasteiger partial charge < -0.3 is 15.4 Å². The summed E-state index contributed by atoms with van der Waals surface area (Å²) in [5, 5.41) is 6.61. The molecule has 2 N–H and O–H groups in total. The number of anilines is 4. The third-order valence-corrected chi connectivity index (χ3v) is 8.42. The molecule has 1 heterocycles. The van der Waals surface area contributed by atoms with Crippen LogP contribution in [0.15, 0.2) is 111 Å². The van der Waals surface area contributed by atoms with Crippen molar-refractivity contribution in [3.63, 3.8) is 0 Å². The van der Waals surface area contributed by atoms with Crippen molar-refractivity contribution in [1.82, 2.24) is 0 Å². The van der Waals surface area contributed by atoms with Gasteiger partial charge in [0.15, 0.2) is 0 Å². The maximum atomic E-state index is 13.7. The Morgan fingerprint density at radius 3 is 2.34 bits per heavy atom. The van der Waals surface area contributed by atoms with Gasteiger partial charge in [0.05, 0.1) is 39.0 Å². The lowest BCUT2D eigenvalue weighted by Gasteiger charge is -2.23. The van der Waals surface area contributed by atoms with Crippen LogP contribution in [0.4, 0.5) is 22.7 Å². The summed E-state index contributed by atoms with van der Waals surface area (Å²) in [6, 6.07) is 26.5. The number of benzene rings is 4. The molecule has 0 unspecified atom stereocenters. The topological polar surface area (TPSA) is 84.5 Å². The molecule has 0 bridgehead atoms. The highest BCUT2D eigenvalue weighted by Crippen LogP contribution is 2.47. The first kappa shape index (κ1) is 23.0. The summed E-state index contributed by atoms with van der Waals surface area (Å²) < 4.78 is 32.4. The molecule has 0 spiro atoms. The van der Waals surface area contributed by atoms with Crippen LogP contribution in [0.1, 0.15) is 17.3 Å². The highest BCUT2D eigenvalue weighted by molar-refractivity contribution is 7.99. The van der Waals surface area contributed by atoms with Crippen LogP contribution in [0.25, 0.3) is 0 Å². The van der Waals surface area contributed by atoms with E-state index in [1.165, 1.54) is 0 Å². The van der Waals surface area contributed by atoms with Gasteiger partial charge in [0.1, 0.15) is 0 Å². The molecule has 0 saturated carbocycles. The fraction of sp³-hybridized carbons (Fsp3) is 0.0741. The number of hydrogen-bond acceptors (Lipinski definition) is 7. The molecule has 0 saturated heterocycles. The van der Waals surface area contributed by atoms with Crippen LogP contribution in [-0.4, -0.2) is 21.0 Å². The molecule has 0 radical (unpaired) electrons. The quantitative estimate of drug-likeness (QED) is 0.252. The molecule has 1 aliphatic rings.